The van der Waals surface area contributed by atoms with Gasteiger partial charge in [0, 0.05) is 32.5 Å². The lowest BCUT2D eigenvalue weighted by Gasteiger charge is -2.28. The number of hydrogen-bond acceptors (Lipinski definition) is 6. The molecule has 0 spiro atoms. The third-order valence-electron chi connectivity index (χ3n) is 5.19. The van der Waals surface area contributed by atoms with Crippen molar-refractivity contribution < 1.29 is 14.1 Å². The summed E-state index contributed by atoms with van der Waals surface area (Å²) in [5.74, 6) is 0.960. The lowest BCUT2D eigenvalue weighted by Crippen LogP contribution is -2.35. The summed E-state index contributed by atoms with van der Waals surface area (Å²) in [5, 5.41) is 8.35. The summed E-state index contributed by atoms with van der Waals surface area (Å²) in [6.07, 6.45) is 7.40. The molecule has 1 aliphatic rings. The summed E-state index contributed by atoms with van der Waals surface area (Å²) in [5.41, 5.74) is 2.40. The molecular weight excluding hydrogens is 370 g/mol. The first-order chi connectivity index (χ1) is 14.2. The molecule has 1 aliphatic heterocycles. The lowest BCUT2D eigenvalue weighted by atomic mass is 10.1. The third kappa shape index (κ3) is 4.22. The molecule has 0 saturated carbocycles. The van der Waals surface area contributed by atoms with Crippen LogP contribution in [0.4, 0.5) is 0 Å². The van der Waals surface area contributed by atoms with E-state index >= 15 is 0 Å². The van der Waals surface area contributed by atoms with E-state index in [-0.39, 0.29) is 11.9 Å². The quantitative estimate of drug-likeness (QED) is 0.658. The average Bonchev–Trinajstić information content (AvgIpc) is 3.31. The summed E-state index contributed by atoms with van der Waals surface area (Å²) in [6, 6.07) is 7.39. The van der Waals surface area contributed by atoms with Gasteiger partial charge in [-0.2, -0.15) is 10.1 Å². The fraction of sp³-hybridized carbons (Fsp3) is 0.429. The van der Waals surface area contributed by atoms with Gasteiger partial charge in [0.2, 0.25) is 0 Å². The van der Waals surface area contributed by atoms with Crippen molar-refractivity contribution in [1.29, 1.82) is 0 Å². The van der Waals surface area contributed by atoms with Gasteiger partial charge in [-0.05, 0) is 30.5 Å². The number of hydrogen-bond donors (Lipinski definition) is 0. The van der Waals surface area contributed by atoms with Gasteiger partial charge in [-0.3, -0.25) is 9.48 Å². The monoisotopic (exact) mass is 395 g/mol. The number of aromatic nitrogens is 4. The summed E-state index contributed by atoms with van der Waals surface area (Å²) in [4.78, 5) is 19.8. The first-order valence-electron chi connectivity index (χ1n) is 9.87. The first-order valence-corrected chi connectivity index (χ1v) is 9.87. The van der Waals surface area contributed by atoms with Gasteiger partial charge in [-0.1, -0.05) is 30.1 Å². The van der Waals surface area contributed by atoms with Crippen LogP contribution in [0.3, 0.4) is 0 Å². The van der Waals surface area contributed by atoms with E-state index < -0.39 is 0 Å². The van der Waals surface area contributed by atoms with Crippen LogP contribution < -0.4 is 0 Å². The van der Waals surface area contributed by atoms with Crippen molar-refractivity contribution in [3.63, 3.8) is 0 Å². The van der Waals surface area contributed by atoms with Crippen LogP contribution in [0.15, 0.2) is 41.2 Å². The van der Waals surface area contributed by atoms with Crippen molar-refractivity contribution in [3.8, 4) is 11.5 Å². The van der Waals surface area contributed by atoms with Gasteiger partial charge in [0.05, 0.1) is 24.4 Å². The van der Waals surface area contributed by atoms with Crippen molar-refractivity contribution in [2.75, 3.05) is 13.7 Å². The fourth-order valence-electron chi connectivity index (χ4n) is 3.77. The maximum Gasteiger partial charge on any atom is 0.261 e. The second-order valence-corrected chi connectivity index (χ2v) is 7.36. The standard InChI is InChI=1S/C21H25N5O3/c1-25-13-17(12-22-25)20-23-19(24-29-20)18-9-4-3-5-10-26(18)21(27)16-8-6-7-15(11-16)14-28-2/h6-8,11-13,18H,3-5,9-10,14H2,1-2H3/t18-/m0/s1. The van der Waals surface area contributed by atoms with E-state index in [4.69, 9.17) is 9.26 Å². The molecule has 1 atom stereocenters. The molecule has 4 rings (SSSR count). The van der Waals surface area contributed by atoms with E-state index in [2.05, 4.69) is 15.2 Å². The minimum atomic E-state index is -0.203. The Hall–Kier alpha value is -3.00. The number of aryl methyl sites for hydroxylation is 1. The third-order valence-corrected chi connectivity index (χ3v) is 5.19. The van der Waals surface area contributed by atoms with Gasteiger partial charge in [-0.25, -0.2) is 0 Å². The van der Waals surface area contributed by atoms with Crippen molar-refractivity contribution in [2.45, 2.75) is 38.3 Å². The van der Waals surface area contributed by atoms with Gasteiger partial charge in [0.15, 0.2) is 5.82 Å². The topological polar surface area (TPSA) is 86.3 Å². The number of likely N-dealkylation sites (tertiary alicyclic amines) is 1. The molecule has 3 heterocycles. The number of ether oxygens (including phenoxy) is 1. The largest absolute Gasteiger partial charge is 0.380 e. The molecule has 0 unspecified atom stereocenters. The molecule has 29 heavy (non-hydrogen) atoms. The van der Waals surface area contributed by atoms with Gasteiger partial charge in [0.1, 0.15) is 0 Å². The molecule has 0 radical (unpaired) electrons. The van der Waals surface area contributed by atoms with Crippen molar-refractivity contribution in [2.24, 2.45) is 7.05 Å². The molecule has 1 amide bonds. The van der Waals surface area contributed by atoms with Gasteiger partial charge in [0.25, 0.3) is 11.8 Å². The summed E-state index contributed by atoms with van der Waals surface area (Å²) in [7, 11) is 3.49. The smallest absolute Gasteiger partial charge is 0.261 e. The second kappa shape index (κ2) is 8.57. The van der Waals surface area contributed by atoms with Crippen LogP contribution in [0, 0.1) is 0 Å². The highest BCUT2D eigenvalue weighted by Crippen LogP contribution is 2.31. The first kappa shape index (κ1) is 19.3. The number of benzene rings is 1. The maximum atomic E-state index is 13.4. The van der Waals surface area contributed by atoms with E-state index in [0.29, 0.717) is 30.4 Å². The molecule has 2 aromatic heterocycles. The minimum absolute atomic E-state index is 0.0115. The zero-order valence-electron chi connectivity index (χ0n) is 16.7. The zero-order valence-corrected chi connectivity index (χ0v) is 16.7. The number of rotatable bonds is 5. The van der Waals surface area contributed by atoms with E-state index in [9.17, 15) is 4.79 Å². The summed E-state index contributed by atoms with van der Waals surface area (Å²) >= 11 is 0. The molecule has 8 nitrogen and oxygen atoms in total. The molecule has 0 aliphatic carbocycles. The molecule has 1 saturated heterocycles. The Morgan fingerprint density at radius 2 is 2.21 bits per heavy atom. The molecule has 152 valence electrons. The number of methoxy groups -OCH3 is 1. The number of carbonyl (C=O) groups is 1. The molecule has 1 fully saturated rings. The van der Waals surface area contributed by atoms with Crippen LogP contribution in [0.25, 0.3) is 11.5 Å². The lowest BCUT2D eigenvalue weighted by molar-refractivity contribution is 0.0670. The highest BCUT2D eigenvalue weighted by Gasteiger charge is 2.31. The molecule has 1 aromatic carbocycles. The van der Waals surface area contributed by atoms with Crippen molar-refractivity contribution >= 4 is 5.91 Å². The molecule has 8 heteroatoms. The highest BCUT2D eigenvalue weighted by molar-refractivity contribution is 5.94. The van der Waals surface area contributed by atoms with Crippen molar-refractivity contribution in [3.05, 3.63) is 53.6 Å². The van der Waals surface area contributed by atoms with Crippen molar-refractivity contribution in [1.82, 2.24) is 24.8 Å². The molecule has 0 bridgehead atoms. The number of amides is 1. The Morgan fingerprint density at radius 3 is 3.00 bits per heavy atom. The average molecular weight is 395 g/mol. The van der Waals surface area contributed by atoms with Gasteiger partial charge < -0.3 is 14.2 Å². The van der Waals surface area contributed by atoms with Gasteiger partial charge in [-0.15, -0.1) is 0 Å². The van der Waals surface area contributed by atoms with Crippen LogP contribution in [-0.2, 0) is 18.4 Å². The van der Waals surface area contributed by atoms with Crippen LogP contribution >= 0.6 is 0 Å². The Bertz CT molecular complexity index is 980. The Labute approximate surface area is 169 Å². The summed E-state index contributed by atoms with van der Waals surface area (Å²) in [6.45, 7) is 1.15. The van der Waals surface area contributed by atoms with E-state index in [1.165, 1.54) is 0 Å². The Morgan fingerprint density at radius 1 is 1.31 bits per heavy atom. The number of carbonyl (C=O) groups excluding carboxylic acids is 1. The highest BCUT2D eigenvalue weighted by atomic mass is 16.5. The Kier molecular flexibility index (Phi) is 5.71. The van der Waals surface area contributed by atoms with Crippen LogP contribution in [0.1, 0.15) is 53.5 Å². The summed E-state index contributed by atoms with van der Waals surface area (Å²) < 4.78 is 12.4. The predicted molar refractivity (Wildman–Crippen MR) is 106 cm³/mol. The molecule has 0 N–H and O–H groups in total. The maximum absolute atomic E-state index is 13.4. The normalized spacial score (nSPS) is 17.3. The van der Waals surface area contributed by atoms with Gasteiger partial charge >= 0.3 is 0 Å². The zero-order chi connectivity index (χ0) is 20.2. The number of nitrogens with zero attached hydrogens (tertiary/aromatic N) is 5. The fourth-order valence-corrected chi connectivity index (χ4v) is 3.77. The van der Waals surface area contributed by atoms with Crippen LogP contribution in [0.5, 0.6) is 0 Å². The van der Waals surface area contributed by atoms with E-state index in [1.807, 2.05) is 42.4 Å². The minimum Gasteiger partial charge on any atom is -0.380 e. The second-order valence-electron chi connectivity index (χ2n) is 7.36. The van der Waals surface area contributed by atoms with E-state index in [0.717, 1.165) is 36.8 Å². The van der Waals surface area contributed by atoms with E-state index in [1.54, 1.807) is 18.0 Å². The molecular formula is C21H25N5O3. The SMILES string of the molecule is COCc1cccc(C(=O)N2CCCCC[C@H]2c2noc(-c3cnn(C)c3)n2)c1. The van der Waals surface area contributed by atoms with Crippen LogP contribution in [-0.4, -0.2) is 44.4 Å². The van der Waals surface area contributed by atoms with Crippen LogP contribution in [0.2, 0.25) is 0 Å². The molecule has 3 aromatic rings. The predicted octanol–water partition coefficient (Wildman–Crippen LogP) is 3.37. The Balaban J connectivity index is 1.62.